The number of carbonyl (C=O) groups excluding carboxylic acids is 2. The molecule has 1 aromatic carbocycles. The van der Waals surface area contributed by atoms with Gasteiger partial charge in [-0.15, -0.1) is 0 Å². The maximum absolute atomic E-state index is 13.2. The molecular weight excluding hydrogens is 279 g/mol. The molecular formula is C10H8BrFN2O2. The van der Waals surface area contributed by atoms with Crippen molar-refractivity contribution in [1.29, 1.82) is 0 Å². The summed E-state index contributed by atoms with van der Waals surface area (Å²) in [5, 5.41) is 2.16. The van der Waals surface area contributed by atoms with E-state index < -0.39 is 6.03 Å². The van der Waals surface area contributed by atoms with Crippen LogP contribution < -0.4 is 5.32 Å². The molecule has 1 N–H and O–H groups in total. The fourth-order valence-corrected chi connectivity index (χ4v) is 1.88. The Bertz CT molecular complexity index is 464. The van der Waals surface area contributed by atoms with Crippen molar-refractivity contribution in [3.05, 3.63) is 34.1 Å². The Balaban J connectivity index is 2.18. The number of nitrogens with one attached hydrogen (secondary N) is 1. The zero-order valence-corrected chi connectivity index (χ0v) is 9.75. The lowest BCUT2D eigenvalue weighted by Crippen LogP contribution is -2.27. The van der Waals surface area contributed by atoms with Crippen LogP contribution >= 0.6 is 15.9 Å². The zero-order chi connectivity index (χ0) is 11.7. The first-order valence-electron chi connectivity index (χ1n) is 4.59. The molecule has 0 spiro atoms. The number of hydrogen-bond acceptors (Lipinski definition) is 2. The average molecular weight is 287 g/mol. The third-order valence-electron chi connectivity index (χ3n) is 2.26. The highest BCUT2D eigenvalue weighted by Gasteiger charge is 2.27. The van der Waals surface area contributed by atoms with Crippen molar-refractivity contribution in [2.75, 3.05) is 6.54 Å². The molecule has 1 saturated heterocycles. The Labute approximate surface area is 99.6 Å². The van der Waals surface area contributed by atoms with Crippen LogP contribution in [0.25, 0.3) is 0 Å². The number of benzene rings is 1. The van der Waals surface area contributed by atoms with Gasteiger partial charge in [0.2, 0.25) is 5.91 Å². The summed E-state index contributed by atoms with van der Waals surface area (Å²) in [7, 11) is 0. The second kappa shape index (κ2) is 4.21. The van der Waals surface area contributed by atoms with Crippen LogP contribution in [0.3, 0.4) is 0 Å². The predicted molar refractivity (Wildman–Crippen MR) is 58.0 cm³/mol. The van der Waals surface area contributed by atoms with E-state index in [-0.39, 0.29) is 24.8 Å². The molecule has 4 nitrogen and oxygen atoms in total. The van der Waals surface area contributed by atoms with Crippen molar-refractivity contribution in [2.24, 2.45) is 0 Å². The molecule has 16 heavy (non-hydrogen) atoms. The van der Waals surface area contributed by atoms with Gasteiger partial charge in [-0.2, -0.15) is 0 Å². The van der Waals surface area contributed by atoms with Crippen molar-refractivity contribution >= 4 is 27.9 Å². The van der Waals surface area contributed by atoms with Gasteiger partial charge < -0.3 is 4.90 Å². The van der Waals surface area contributed by atoms with Crippen LogP contribution in [0.1, 0.15) is 5.56 Å². The first-order valence-corrected chi connectivity index (χ1v) is 5.39. The Morgan fingerprint density at radius 1 is 1.44 bits per heavy atom. The summed E-state index contributed by atoms with van der Waals surface area (Å²) < 4.78 is 13.5. The van der Waals surface area contributed by atoms with Crippen LogP contribution in [0.2, 0.25) is 0 Å². The minimum atomic E-state index is -0.443. The van der Waals surface area contributed by atoms with Crippen LogP contribution in [0.4, 0.5) is 9.18 Å². The molecule has 84 valence electrons. The Morgan fingerprint density at radius 3 is 2.81 bits per heavy atom. The maximum Gasteiger partial charge on any atom is 0.324 e. The monoisotopic (exact) mass is 286 g/mol. The number of hydrogen-bond donors (Lipinski definition) is 1. The molecule has 1 heterocycles. The van der Waals surface area contributed by atoms with Gasteiger partial charge in [0.05, 0.1) is 4.47 Å². The summed E-state index contributed by atoms with van der Waals surface area (Å²) in [6.45, 7) is 0.220. The molecule has 0 unspecified atom stereocenters. The Morgan fingerprint density at radius 2 is 2.19 bits per heavy atom. The van der Waals surface area contributed by atoms with Gasteiger partial charge in [0.1, 0.15) is 12.4 Å². The van der Waals surface area contributed by atoms with E-state index >= 15 is 0 Å². The molecule has 6 heteroatoms. The van der Waals surface area contributed by atoms with Crippen LogP contribution in [0.5, 0.6) is 0 Å². The van der Waals surface area contributed by atoms with Crippen molar-refractivity contribution < 1.29 is 14.0 Å². The Hall–Kier alpha value is -1.43. The topological polar surface area (TPSA) is 49.4 Å². The molecule has 0 bridgehead atoms. The van der Waals surface area contributed by atoms with Gasteiger partial charge in [0, 0.05) is 6.54 Å². The SMILES string of the molecule is O=C1CN(Cc2cccc(F)c2Br)C(=O)N1. The second-order valence-electron chi connectivity index (χ2n) is 3.42. The van der Waals surface area contributed by atoms with Crippen LogP contribution in [-0.4, -0.2) is 23.4 Å². The molecule has 0 radical (unpaired) electrons. The molecule has 3 amide bonds. The summed E-state index contributed by atoms with van der Waals surface area (Å²) in [5.41, 5.74) is 0.629. The van der Waals surface area contributed by atoms with Crippen LogP contribution in [0, 0.1) is 5.82 Å². The standard InChI is InChI=1S/C10H8BrFN2O2/c11-9-6(2-1-3-7(9)12)4-14-5-8(15)13-10(14)16/h1-3H,4-5H2,(H,13,15,16). The molecule has 0 aliphatic carbocycles. The number of halogens is 2. The highest BCUT2D eigenvalue weighted by atomic mass is 79.9. The van der Waals surface area contributed by atoms with Crippen molar-refractivity contribution in [1.82, 2.24) is 10.2 Å². The smallest absolute Gasteiger partial charge is 0.311 e. The van der Waals surface area contributed by atoms with E-state index in [1.807, 2.05) is 0 Å². The first-order chi connectivity index (χ1) is 7.58. The molecule has 1 aliphatic rings. The third-order valence-corrected chi connectivity index (χ3v) is 3.15. The summed E-state index contributed by atoms with van der Waals surface area (Å²) in [5.74, 6) is -0.721. The van der Waals surface area contributed by atoms with Crippen LogP contribution in [-0.2, 0) is 11.3 Å². The number of nitrogens with zero attached hydrogens (tertiary/aromatic N) is 1. The van der Waals surface area contributed by atoms with Gasteiger partial charge in [-0.3, -0.25) is 10.1 Å². The summed E-state index contributed by atoms with van der Waals surface area (Å²) in [6, 6.07) is 4.14. The normalized spacial score (nSPS) is 15.5. The first kappa shape index (κ1) is 11.1. The lowest BCUT2D eigenvalue weighted by Gasteiger charge is -2.14. The number of amides is 3. The molecule has 1 aliphatic heterocycles. The van der Waals surface area contributed by atoms with Gasteiger partial charge in [0.25, 0.3) is 0 Å². The molecule has 1 fully saturated rings. The van der Waals surface area contributed by atoms with Crippen molar-refractivity contribution in [3.8, 4) is 0 Å². The summed E-state index contributed by atoms with van der Waals surface area (Å²) >= 11 is 3.10. The third kappa shape index (κ3) is 2.06. The number of imide groups is 1. The van der Waals surface area contributed by atoms with Gasteiger partial charge in [0.15, 0.2) is 0 Å². The highest BCUT2D eigenvalue weighted by Crippen LogP contribution is 2.22. The lowest BCUT2D eigenvalue weighted by molar-refractivity contribution is -0.118. The van der Waals surface area contributed by atoms with Gasteiger partial charge >= 0.3 is 6.03 Å². The minimum absolute atomic E-state index is 0.0157. The lowest BCUT2D eigenvalue weighted by atomic mass is 10.2. The largest absolute Gasteiger partial charge is 0.324 e. The van der Waals surface area contributed by atoms with E-state index in [1.165, 1.54) is 11.0 Å². The van der Waals surface area contributed by atoms with Gasteiger partial charge in [-0.05, 0) is 27.6 Å². The van der Waals surface area contributed by atoms with E-state index in [0.29, 0.717) is 10.0 Å². The molecule has 0 saturated carbocycles. The fraction of sp³-hybridized carbons (Fsp3) is 0.200. The predicted octanol–water partition coefficient (Wildman–Crippen LogP) is 1.64. The minimum Gasteiger partial charge on any atom is -0.311 e. The second-order valence-corrected chi connectivity index (χ2v) is 4.22. The number of carbonyl (C=O) groups is 2. The van der Waals surface area contributed by atoms with E-state index in [9.17, 15) is 14.0 Å². The van der Waals surface area contributed by atoms with Crippen molar-refractivity contribution in [2.45, 2.75) is 6.54 Å². The summed E-state index contributed by atoms with van der Waals surface area (Å²) in [6.07, 6.45) is 0. The average Bonchev–Trinajstić information content (AvgIpc) is 2.53. The van der Waals surface area contributed by atoms with Crippen LogP contribution in [0.15, 0.2) is 22.7 Å². The number of rotatable bonds is 2. The molecule has 2 rings (SSSR count). The maximum atomic E-state index is 13.2. The molecule has 1 aromatic rings. The summed E-state index contributed by atoms with van der Waals surface area (Å²) in [4.78, 5) is 23.5. The molecule has 0 atom stereocenters. The number of urea groups is 1. The van der Waals surface area contributed by atoms with Gasteiger partial charge in [-0.25, -0.2) is 9.18 Å². The fourth-order valence-electron chi connectivity index (χ4n) is 1.49. The van der Waals surface area contributed by atoms with Crippen molar-refractivity contribution in [3.63, 3.8) is 0 Å². The zero-order valence-electron chi connectivity index (χ0n) is 8.17. The van der Waals surface area contributed by atoms with E-state index in [1.54, 1.807) is 12.1 Å². The van der Waals surface area contributed by atoms with Gasteiger partial charge in [-0.1, -0.05) is 12.1 Å². The van der Waals surface area contributed by atoms with E-state index in [4.69, 9.17) is 0 Å². The quantitative estimate of drug-likeness (QED) is 0.841. The van der Waals surface area contributed by atoms with E-state index in [0.717, 1.165) is 0 Å². The molecule has 0 aromatic heterocycles. The van der Waals surface area contributed by atoms with E-state index in [2.05, 4.69) is 21.2 Å². The Kier molecular flexibility index (Phi) is 2.91. The highest BCUT2D eigenvalue weighted by molar-refractivity contribution is 9.10.